The van der Waals surface area contributed by atoms with Gasteiger partial charge in [-0.2, -0.15) is 0 Å². The van der Waals surface area contributed by atoms with E-state index in [1.54, 1.807) is 12.1 Å². The summed E-state index contributed by atoms with van der Waals surface area (Å²) in [5.41, 5.74) is 0.724. The minimum absolute atomic E-state index is 0.0854. The third kappa shape index (κ3) is 3.45. The van der Waals surface area contributed by atoms with Crippen LogP contribution in [-0.2, 0) is 4.74 Å². The maximum absolute atomic E-state index is 12.8. The predicted octanol–water partition coefficient (Wildman–Crippen LogP) is 3.21. The Bertz CT molecular complexity index is 436. The second kappa shape index (κ2) is 4.59. The normalized spacial score (nSPS) is 22.4. The third-order valence-electron chi connectivity index (χ3n) is 2.77. The monoisotopic (exact) mass is 251 g/mol. The third-order valence-corrected chi connectivity index (χ3v) is 2.77. The Hall–Kier alpha value is -1.58. The molecule has 0 aromatic heterocycles. The van der Waals surface area contributed by atoms with Gasteiger partial charge >= 0.3 is 6.09 Å². The molecule has 3 nitrogen and oxygen atoms in total. The summed E-state index contributed by atoms with van der Waals surface area (Å²) in [6, 6.07) is 6.34. The number of alkyl carbamates (subject to hydrolysis) is 1. The molecule has 18 heavy (non-hydrogen) atoms. The number of halogens is 1. The van der Waals surface area contributed by atoms with Crippen molar-refractivity contribution in [3.8, 4) is 0 Å². The standard InChI is InChI=1S/C14H18FNO2/c1-14(2,3)16-13(17)18-12-8-11(12)9-4-6-10(15)7-5-9/h4-7,11-12H,8H2,1-3H3,(H,16,17). The molecule has 0 spiro atoms. The minimum atomic E-state index is -0.392. The average molecular weight is 251 g/mol. The van der Waals surface area contributed by atoms with Crippen LogP contribution in [0.2, 0.25) is 0 Å². The number of amides is 1. The largest absolute Gasteiger partial charge is 0.446 e. The molecule has 1 aromatic rings. The lowest BCUT2D eigenvalue weighted by Crippen LogP contribution is -2.41. The number of rotatable bonds is 2. The summed E-state index contributed by atoms with van der Waals surface area (Å²) in [5.74, 6) is -0.0429. The molecule has 1 saturated carbocycles. The molecule has 2 rings (SSSR count). The second-order valence-corrected chi connectivity index (χ2v) is 5.71. The van der Waals surface area contributed by atoms with Crippen LogP contribution in [0.3, 0.4) is 0 Å². The molecular formula is C14H18FNO2. The number of benzene rings is 1. The Labute approximate surface area is 106 Å². The van der Waals surface area contributed by atoms with Crippen molar-refractivity contribution in [2.45, 2.75) is 44.8 Å². The summed E-state index contributed by atoms with van der Waals surface area (Å²) in [6.07, 6.45) is 0.332. The molecule has 0 aliphatic heterocycles. The van der Waals surface area contributed by atoms with E-state index >= 15 is 0 Å². The second-order valence-electron chi connectivity index (χ2n) is 5.71. The van der Waals surface area contributed by atoms with E-state index in [9.17, 15) is 9.18 Å². The summed E-state index contributed by atoms with van der Waals surface area (Å²) in [7, 11) is 0. The van der Waals surface area contributed by atoms with Crippen molar-refractivity contribution in [2.75, 3.05) is 0 Å². The maximum Gasteiger partial charge on any atom is 0.407 e. The van der Waals surface area contributed by atoms with Crippen molar-refractivity contribution in [3.63, 3.8) is 0 Å². The number of carbonyl (C=O) groups is 1. The van der Waals surface area contributed by atoms with E-state index in [4.69, 9.17) is 4.74 Å². The first-order chi connectivity index (χ1) is 8.35. The fourth-order valence-electron chi connectivity index (χ4n) is 1.84. The van der Waals surface area contributed by atoms with Crippen molar-refractivity contribution >= 4 is 6.09 Å². The average Bonchev–Trinajstić information content (AvgIpc) is 2.95. The summed E-state index contributed by atoms with van der Waals surface area (Å²) in [6.45, 7) is 5.70. The number of hydrogen-bond donors (Lipinski definition) is 1. The van der Waals surface area contributed by atoms with Crippen molar-refractivity contribution in [3.05, 3.63) is 35.6 Å². The van der Waals surface area contributed by atoms with Gasteiger partial charge in [0, 0.05) is 11.5 Å². The van der Waals surface area contributed by atoms with Crippen LogP contribution in [0.1, 0.15) is 38.7 Å². The highest BCUT2D eigenvalue weighted by Crippen LogP contribution is 2.43. The first-order valence-corrected chi connectivity index (χ1v) is 6.09. The topological polar surface area (TPSA) is 38.3 Å². The quantitative estimate of drug-likeness (QED) is 0.876. The van der Waals surface area contributed by atoms with Gasteiger partial charge in [0.2, 0.25) is 0 Å². The predicted molar refractivity (Wildman–Crippen MR) is 66.9 cm³/mol. The van der Waals surface area contributed by atoms with Gasteiger partial charge in [-0.25, -0.2) is 9.18 Å². The Kier molecular flexibility index (Phi) is 3.28. The summed E-state index contributed by atoms with van der Waals surface area (Å²) in [4.78, 5) is 11.5. The highest BCUT2D eigenvalue weighted by molar-refractivity contribution is 5.68. The molecule has 0 saturated heterocycles. The molecule has 2 atom stereocenters. The fraction of sp³-hybridized carbons (Fsp3) is 0.500. The highest BCUT2D eigenvalue weighted by Gasteiger charge is 2.42. The molecule has 1 aromatic carbocycles. The van der Waals surface area contributed by atoms with Gasteiger partial charge in [0.05, 0.1) is 0 Å². The van der Waals surface area contributed by atoms with Crippen LogP contribution in [0.25, 0.3) is 0 Å². The van der Waals surface area contributed by atoms with E-state index in [1.807, 2.05) is 20.8 Å². The summed E-state index contributed by atoms with van der Waals surface area (Å²) < 4.78 is 18.1. The molecular weight excluding hydrogens is 233 g/mol. The van der Waals surface area contributed by atoms with Crippen molar-refractivity contribution in [1.82, 2.24) is 5.32 Å². The molecule has 4 heteroatoms. The molecule has 1 amide bonds. The zero-order chi connectivity index (χ0) is 13.3. The number of ether oxygens (including phenoxy) is 1. The van der Waals surface area contributed by atoms with Gasteiger partial charge in [-0.15, -0.1) is 0 Å². The molecule has 1 fully saturated rings. The van der Waals surface area contributed by atoms with Crippen LogP contribution in [0.5, 0.6) is 0 Å². The molecule has 1 aliphatic carbocycles. The Morgan fingerprint density at radius 1 is 1.33 bits per heavy atom. The molecule has 1 aliphatic rings. The lowest BCUT2D eigenvalue weighted by atomic mass is 10.1. The van der Waals surface area contributed by atoms with Crippen LogP contribution >= 0.6 is 0 Å². The molecule has 98 valence electrons. The molecule has 1 N–H and O–H groups in total. The fourth-order valence-corrected chi connectivity index (χ4v) is 1.84. The first-order valence-electron chi connectivity index (χ1n) is 6.09. The van der Waals surface area contributed by atoms with Gasteiger partial charge < -0.3 is 10.1 Å². The summed E-state index contributed by atoms with van der Waals surface area (Å²) >= 11 is 0. The van der Waals surface area contributed by atoms with Gasteiger partial charge in [-0.05, 0) is 44.9 Å². The molecule has 2 unspecified atom stereocenters. The van der Waals surface area contributed by atoms with Crippen LogP contribution < -0.4 is 5.32 Å². The number of carbonyl (C=O) groups excluding carboxylic acids is 1. The number of hydrogen-bond acceptors (Lipinski definition) is 2. The van der Waals surface area contributed by atoms with E-state index in [2.05, 4.69) is 5.32 Å². The van der Waals surface area contributed by atoms with E-state index in [1.165, 1.54) is 12.1 Å². The SMILES string of the molecule is CC(C)(C)NC(=O)OC1CC1c1ccc(F)cc1. The summed E-state index contributed by atoms with van der Waals surface area (Å²) in [5, 5.41) is 2.75. The van der Waals surface area contributed by atoms with Crippen LogP contribution in [0.15, 0.2) is 24.3 Å². The van der Waals surface area contributed by atoms with Crippen LogP contribution in [0, 0.1) is 5.82 Å². The van der Waals surface area contributed by atoms with Gasteiger partial charge in [-0.3, -0.25) is 0 Å². The van der Waals surface area contributed by atoms with Crippen molar-refractivity contribution in [2.24, 2.45) is 0 Å². The van der Waals surface area contributed by atoms with Gasteiger partial charge in [0.25, 0.3) is 0 Å². The Morgan fingerprint density at radius 3 is 2.50 bits per heavy atom. The maximum atomic E-state index is 12.8. The lowest BCUT2D eigenvalue weighted by molar-refractivity contribution is 0.128. The lowest BCUT2D eigenvalue weighted by Gasteiger charge is -2.20. The molecule has 0 bridgehead atoms. The van der Waals surface area contributed by atoms with Crippen LogP contribution in [-0.4, -0.2) is 17.7 Å². The van der Waals surface area contributed by atoms with Gasteiger partial charge in [0.1, 0.15) is 11.9 Å². The molecule has 0 radical (unpaired) electrons. The Balaban J connectivity index is 1.85. The van der Waals surface area contributed by atoms with Gasteiger partial charge in [0.15, 0.2) is 0 Å². The van der Waals surface area contributed by atoms with Crippen LogP contribution in [0.4, 0.5) is 9.18 Å². The molecule has 0 heterocycles. The van der Waals surface area contributed by atoms with E-state index < -0.39 is 6.09 Å². The van der Waals surface area contributed by atoms with E-state index in [0.29, 0.717) is 0 Å². The van der Waals surface area contributed by atoms with Crippen molar-refractivity contribution < 1.29 is 13.9 Å². The zero-order valence-corrected chi connectivity index (χ0v) is 10.9. The van der Waals surface area contributed by atoms with Crippen molar-refractivity contribution in [1.29, 1.82) is 0 Å². The minimum Gasteiger partial charge on any atom is -0.446 e. The number of nitrogens with one attached hydrogen (secondary N) is 1. The zero-order valence-electron chi connectivity index (χ0n) is 10.9. The van der Waals surface area contributed by atoms with Gasteiger partial charge in [-0.1, -0.05) is 12.1 Å². The smallest absolute Gasteiger partial charge is 0.407 e. The first kappa shape index (κ1) is 12.9. The van der Waals surface area contributed by atoms with E-state index in [-0.39, 0.29) is 23.4 Å². The van der Waals surface area contributed by atoms with E-state index in [0.717, 1.165) is 12.0 Å². The Morgan fingerprint density at radius 2 is 1.94 bits per heavy atom. The highest BCUT2D eigenvalue weighted by atomic mass is 19.1.